The van der Waals surface area contributed by atoms with Crippen LogP contribution in [0.3, 0.4) is 0 Å². The van der Waals surface area contributed by atoms with Crippen molar-refractivity contribution in [1.29, 1.82) is 0 Å². The van der Waals surface area contributed by atoms with Crippen LogP contribution in [0.25, 0.3) is 0 Å². The number of nitrogens with two attached hydrogens (primary N) is 1. The Balaban J connectivity index is 0.000001000. The zero-order chi connectivity index (χ0) is 7.40. The molecule has 0 fully saturated rings. The maximum absolute atomic E-state index is 10.7. The number of hydrogen-bond acceptors (Lipinski definition) is 3. The van der Waals surface area contributed by atoms with Crippen molar-refractivity contribution < 1.29 is 9.63 Å². The first-order valence-corrected chi connectivity index (χ1v) is 2.80. The fourth-order valence-corrected chi connectivity index (χ4v) is 0.642. The van der Waals surface area contributed by atoms with Gasteiger partial charge in [0.05, 0.1) is 5.56 Å². The third-order valence-electron chi connectivity index (χ3n) is 1.12. The summed E-state index contributed by atoms with van der Waals surface area (Å²) < 4.78 is 0. The zero-order valence-corrected chi connectivity index (χ0v) is 5.28. The second-order valence-electron chi connectivity index (χ2n) is 1.77. The van der Waals surface area contributed by atoms with E-state index < -0.39 is 5.97 Å². The molecule has 0 bridgehead atoms. The summed E-state index contributed by atoms with van der Waals surface area (Å²) in [6, 6.07) is 8.57. The molecule has 0 unspecified atom stereocenters. The van der Waals surface area contributed by atoms with E-state index >= 15 is 0 Å². The summed E-state index contributed by atoms with van der Waals surface area (Å²) >= 11 is 0. The zero-order valence-electron chi connectivity index (χ0n) is 5.28. The summed E-state index contributed by atoms with van der Waals surface area (Å²) in [5.74, 6) is 4.14. The van der Waals surface area contributed by atoms with Crippen molar-refractivity contribution in [2.24, 2.45) is 5.90 Å². The van der Waals surface area contributed by atoms with Crippen LogP contribution in [0.5, 0.6) is 0 Å². The number of hydrogen-bond donors (Lipinski definition) is 1. The monoisotopic (exact) mass is 179 g/mol. The molecule has 0 radical (unpaired) electrons. The first-order chi connectivity index (χ1) is 4.84. The van der Waals surface area contributed by atoms with E-state index in [0.717, 1.165) is 0 Å². The van der Waals surface area contributed by atoms with Crippen molar-refractivity contribution in [3.8, 4) is 0 Å². The molecule has 1 aromatic rings. The molecule has 0 aliphatic rings. The van der Waals surface area contributed by atoms with Gasteiger partial charge in [-0.15, -0.1) is 0 Å². The summed E-state index contributed by atoms with van der Waals surface area (Å²) in [6.07, 6.45) is 0. The second kappa shape index (κ2) is 5.55. The minimum atomic E-state index is -0.513. The van der Waals surface area contributed by atoms with Gasteiger partial charge in [0.15, 0.2) is 0 Å². The predicted molar refractivity (Wildman–Crippen MR) is 44.6 cm³/mol. The fraction of sp³-hybridized carbons (Fsp3) is 0. The molecule has 0 aliphatic heterocycles. The van der Waals surface area contributed by atoms with Crippen LogP contribution >= 0.6 is 0 Å². The SMILES string of the molecule is NOC(=O)c1ccccc1.[CaH2]. The van der Waals surface area contributed by atoms with Crippen molar-refractivity contribution in [1.82, 2.24) is 0 Å². The first-order valence-electron chi connectivity index (χ1n) is 2.80. The molecular formula is C7H9CaNO2. The minimum absolute atomic E-state index is 0. The van der Waals surface area contributed by atoms with E-state index in [0.29, 0.717) is 5.56 Å². The molecule has 0 saturated carbocycles. The van der Waals surface area contributed by atoms with Crippen molar-refractivity contribution in [3.05, 3.63) is 35.9 Å². The van der Waals surface area contributed by atoms with E-state index in [1.165, 1.54) is 0 Å². The van der Waals surface area contributed by atoms with Crippen LogP contribution < -0.4 is 5.90 Å². The molecule has 0 heterocycles. The van der Waals surface area contributed by atoms with Gasteiger partial charge in [-0.1, -0.05) is 18.2 Å². The van der Waals surface area contributed by atoms with E-state index in [4.69, 9.17) is 0 Å². The Hall–Kier alpha value is -0.0903. The molecule has 11 heavy (non-hydrogen) atoms. The molecule has 4 heteroatoms. The summed E-state index contributed by atoms with van der Waals surface area (Å²) in [4.78, 5) is 14.7. The van der Waals surface area contributed by atoms with E-state index in [9.17, 15) is 4.79 Å². The Morgan fingerprint density at radius 3 is 2.27 bits per heavy atom. The number of carbonyl (C=O) groups is 1. The van der Waals surface area contributed by atoms with Gasteiger partial charge in [-0.3, -0.25) is 0 Å². The molecule has 0 aliphatic carbocycles. The Morgan fingerprint density at radius 1 is 1.27 bits per heavy atom. The van der Waals surface area contributed by atoms with Gasteiger partial charge in [0.25, 0.3) is 0 Å². The van der Waals surface area contributed by atoms with Crippen LogP contribution in [0.15, 0.2) is 30.3 Å². The molecule has 0 aromatic heterocycles. The van der Waals surface area contributed by atoms with Gasteiger partial charge in [-0.25, -0.2) is 4.79 Å². The number of carbonyl (C=O) groups excluding carboxylic acids is 1. The van der Waals surface area contributed by atoms with E-state index in [1.54, 1.807) is 24.3 Å². The third kappa shape index (κ3) is 3.20. The third-order valence-corrected chi connectivity index (χ3v) is 1.12. The summed E-state index contributed by atoms with van der Waals surface area (Å²) in [6.45, 7) is 0. The van der Waals surface area contributed by atoms with E-state index in [-0.39, 0.29) is 37.7 Å². The topological polar surface area (TPSA) is 52.3 Å². The van der Waals surface area contributed by atoms with Crippen LogP contribution in [0.4, 0.5) is 0 Å². The Kier molecular flexibility index (Phi) is 5.50. The summed E-state index contributed by atoms with van der Waals surface area (Å²) in [5.41, 5.74) is 0.463. The Morgan fingerprint density at radius 2 is 1.82 bits per heavy atom. The first kappa shape index (κ1) is 10.9. The molecule has 56 valence electrons. The van der Waals surface area contributed by atoms with Crippen LogP contribution in [0.1, 0.15) is 10.4 Å². The molecule has 2 N–H and O–H groups in total. The van der Waals surface area contributed by atoms with Gasteiger partial charge in [-0.05, 0) is 12.1 Å². The van der Waals surface area contributed by atoms with Crippen LogP contribution in [0.2, 0.25) is 0 Å². The molecule has 1 aromatic carbocycles. The molecular weight excluding hydrogens is 170 g/mol. The quantitative estimate of drug-likeness (QED) is 0.480. The molecule has 0 saturated heterocycles. The van der Waals surface area contributed by atoms with Crippen molar-refractivity contribution >= 4 is 43.7 Å². The molecule has 0 amide bonds. The standard InChI is InChI=1S/C7H7NO2.Ca.2H/c8-10-7(9)6-4-2-1-3-5-6;;;/h1-5H,8H2;;;. The summed E-state index contributed by atoms with van der Waals surface area (Å²) in [7, 11) is 0. The van der Waals surface area contributed by atoms with Crippen molar-refractivity contribution in [3.63, 3.8) is 0 Å². The maximum atomic E-state index is 10.7. The molecule has 1 rings (SSSR count). The van der Waals surface area contributed by atoms with Crippen LogP contribution in [-0.2, 0) is 4.84 Å². The predicted octanol–water partition coefficient (Wildman–Crippen LogP) is -0.199. The Labute approximate surface area is 94.5 Å². The Bertz CT molecular complexity index is 225. The van der Waals surface area contributed by atoms with E-state index in [1.807, 2.05) is 6.07 Å². The fourth-order valence-electron chi connectivity index (χ4n) is 0.642. The number of benzene rings is 1. The number of rotatable bonds is 1. The van der Waals surface area contributed by atoms with Gasteiger partial charge in [-0.2, -0.15) is 5.90 Å². The second-order valence-corrected chi connectivity index (χ2v) is 1.77. The van der Waals surface area contributed by atoms with Crippen LogP contribution in [0, 0.1) is 0 Å². The van der Waals surface area contributed by atoms with Crippen molar-refractivity contribution in [2.75, 3.05) is 0 Å². The van der Waals surface area contributed by atoms with Gasteiger partial charge in [0.2, 0.25) is 0 Å². The van der Waals surface area contributed by atoms with Gasteiger partial charge >= 0.3 is 43.7 Å². The van der Waals surface area contributed by atoms with Crippen molar-refractivity contribution in [2.45, 2.75) is 0 Å². The van der Waals surface area contributed by atoms with E-state index in [2.05, 4.69) is 10.7 Å². The van der Waals surface area contributed by atoms with Gasteiger partial charge < -0.3 is 4.84 Å². The normalized spacial score (nSPS) is 8.09. The van der Waals surface area contributed by atoms with Gasteiger partial charge in [0, 0.05) is 0 Å². The average Bonchev–Trinajstić information content (AvgIpc) is 2.05. The van der Waals surface area contributed by atoms with Crippen LogP contribution in [-0.4, -0.2) is 43.7 Å². The van der Waals surface area contributed by atoms with Gasteiger partial charge in [0.1, 0.15) is 0 Å². The molecule has 3 nitrogen and oxygen atoms in total. The molecule has 0 atom stereocenters. The molecule has 0 spiro atoms. The average molecular weight is 179 g/mol. The summed E-state index contributed by atoms with van der Waals surface area (Å²) in [5, 5.41) is 0.